The average Bonchev–Trinajstić information content (AvgIpc) is 2.59. The summed E-state index contributed by atoms with van der Waals surface area (Å²) in [6, 6.07) is 14.3. The molecule has 2 aromatic rings. The Morgan fingerprint density at radius 1 is 1.17 bits per heavy atom. The molecule has 124 valence electrons. The number of amides is 1. The molecule has 0 aliphatic rings. The van der Waals surface area contributed by atoms with Crippen LogP contribution in [0.1, 0.15) is 5.56 Å². The van der Waals surface area contributed by atoms with E-state index in [1.807, 2.05) is 24.3 Å². The number of hydrogen-bond acceptors (Lipinski definition) is 4. The van der Waals surface area contributed by atoms with Crippen LogP contribution in [0.4, 0.5) is 5.69 Å². The van der Waals surface area contributed by atoms with Crippen molar-refractivity contribution in [3.8, 4) is 5.75 Å². The highest BCUT2D eigenvalue weighted by molar-refractivity contribution is 9.10. The Morgan fingerprint density at radius 3 is 2.58 bits per heavy atom. The van der Waals surface area contributed by atoms with Gasteiger partial charge in [0.2, 0.25) is 0 Å². The largest absolute Gasteiger partial charge is 0.497 e. The lowest BCUT2D eigenvalue weighted by molar-refractivity contribution is -0.142. The molecule has 0 atom stereocenters. The molecule has 1 amide bonds. The van der Waals surface area contributed by atoms with E-state index in [2.05, 4.69) is 21.2 Å². The first kappa shape index (κ1) is 17.7. The SMILES string of the molecule is COc1ccc(NC(=O)COC(=O)C=Cc2cccc(Br)c2)cc1. The molecular formula is C18H16BrNO4. The van der Waals surface area contributed by atoms with Gasteiger partial charge in [-0.1, -0.05) is 28.1 Å². The van der Waals surface area contributed by atoms with E-state index in [0.29, 0.717) is 11.4 Å². The van der Waals surface area contributed by atoms with Crippen LogP contribution >= 0.6 is 15.9 Å². The summed E-state index contributed by atoms with van der Waals surface area (Å²) in [6.45, 7) is -0.353. The molecule has 2 rings (SSSR count). The first-order valence-electron chi connectivity index (χ1n) is 7.11. The van der Waals surface area contributed by atoms with Gasteiger partial charge < -0.3 is 14.8 Å². The van der Waals surface area contributed by atoms with E-state index >= 15 is 0 Å². The van der Waals surface area contributed by atoms with Gasteiger partial charge in [-0.05, 0) is 48.0 Å². The van der Waals surface area contributed by atoms with Crippen molar-refractivity contribution in [2.75, 3.05) is 19.0 Å². The van der Waals surface area contributed by atoms with E-state index in [1.165, 1.54) is 6.08 Å². The van der Waals surface area contributed by atoms with Crippen molar-refractivity contribution in [2.24, 2.45) is 0 Å². The van der Waals surface area contributed by atoms with Gasteiger partial charge in [-0.3, -0.25) is 4.79 Å². The summed E-state index contributed by atoms with van der Waals surface area (Å²) in [7, 11) is 1.56. The average molecular weight is 390 g/mol. The van der Waals surface area contributed by atoms with Crippen LogP contribution in [-0.2, 0) is 14.3 Å². The van der Waals surface area contributed by atoms with Gasteiger partial charge in [0, 0.05) is 16.2 Å². The van der Waals surface area contributed by atoms with E-state index in [4.69, 9.17) is 9.47 Å². The number of hydrogen-bond donors (Lipinski definition) is 1. The molecule has 5 nitrogen and oxygen atoms in total. The van der Waals surface area contributed by atoms with Crippen LogP contribution < -0.4 is 10.1 Å². The van der Waals surface area contributed by atoms with Crippen LogP contribution in [0.25, 0.3) is 6.08 Å². The third-order valence-electron chi connectivity index (χ3n) is 2.98. The van der Waals surface area contributed by atoms with Crippen LogP contribution in [0.3, 0.4) is 0 Å². The summed E-state index contributed by atoms with van der Waals surface area (Å²) in [4.78, 5) is 23.4. The Morgan fingerprint density at radius 2 is 1.92 bits per heavy atom. The lowest BCUT2D eigenvalue weighted by Crippen LogP contribution is -2.20. The number of halogens is 1. The Hall–Kier alpha value is -2.60. The van der Waals surface area contributed by atoms with Crippen LogP contribution in [0.2, 0.25) is 0 Å². The number of carbonyl (C=O) groups is 2. The fraction of sp³-hybridized carbons (Fsp3) is 0.111. The van der Waals surface area contributed by atoms with Gasteiger partial charge in [-0.2, -0.15) is 0 Å². The number of ether oxygens (including phenoxy) is 2. The zero-order chi connectivity index (χ0) is 17.4. The molecule has 6 heteroatoms. The second kappa shape index (κ2) is 8.88. The van der Waals surface area contributed by atoms with E-state index in [9.17, 15) is 9.59 Å². The molecule has 0 fully saturated rings. The standard InChI is InChI=1S/C18H16BrNO4/c1-23-16-8-6-15(7-9-16)20-17(21)12-24-18(22)10-5-13-3-2-4-14(19)11-13/h2-11H,12H2,1H3,(H,20,21). The van der Waals surface area contributed by atoms with Crippen LogP contribution in [-0.4, -0.2) is 25.6 Å². The van der Waals surface area contributed by atoms with Gasteiger partial charge in [-0.25, -0.2) is 4.79 Å². The second-order valence-electron chi connectivity index (χ2n) is 4.77. The molecule has 0 saturated carbocycles. The lowest BCUT2D eigenvalue weighted by Gasteiger charge is -2.06. The summed E-state index contributed by atoms with van der Waals surface area (Å²) in [5.41, 5.74) is 1.45. The molecule has 0 unspecified atom stereocenters. The highest BCUT2D eigenvalue weighted by Crippen LogP contribution is 2.15. The van der Waals surface area contributed by atoms with Crippen molar-refractivity contribution in [3.05, 3.63) is 64.6 Å². The van der Waals surface area contributed by atoms with Gasteiger partial charge in [0.05, 0.1) is 7.11 Å². The summed E-state index contributed by atoms with van der Waals surface area (Å²) >= 11 is 3.35. The molecule has 0 radical (unpaired) electrons. The van der Waals surface area contributed by atoms with Crippen molar-refractivity contribution in [3.63, 3.8) is 0 Å². The fourth-order valence-corrected chi connectivity index (χ4v) is 2.25. The minimum atomic E-state index is -0.583. The molecule has 0 aromatic heterocycles. The minimum Gasteiger partial charge on any atom is -0.497 e. The number of methoxy groups -OCH3 is 1. The van der Waals surface area contributed by atoms with Gasteiger partial charge in [0.1, 0.15) is 5.75 Å². The summed E-state index contributed by atoms with van der Waals surface area (Å²) in [6.07, 6.45) is 2.90. The third-order valence-corrected chi connectivity index (χ3v) is 3.47. The summed E-state index contributed by atoms with van der Waals surface area (Å²) in [5.74, 6) is -0.304. The molecule has 0 heterocycles. The molecule has 0 spiro atoms. The first-order chi connectivity index (χ1) is 11.6. The molecule has 0 aliphatic carbocycles. The zero-order valence-electron chi connectivity index (χ0n) is 13.0. The predicted molar refractivity (Wildman–Crippen MR) is 95.8 cm³/mol. The molecule has 24 heavy (non-hydrogen) atoms. The van der Waals surface area contributed by atoms with Crippen LogP contribution in [0.15, 0.2) is 59.1 Å². The smallest absolute Gasteiger partial charge is 0.331 e. The Labute approximate surface area is 148 Å². The Balaban J connectivity index is 1.79. The first-order valence-corrected chi connectivity index (χ1v) is 7.90. The number of benzene rings is 2. The zero-order valence-corrected chi connectivity index (χ0v) is 14.6. The second-order valence-corrected chi connectivity index (χ2v) is 5.69. The van der Waals surface area contributed by atoms with E-state index in [0.717, 1.165) is 10.0 Å². The van der Waals surface area contributed by atoms with E-state index in [-0.39, 0.29) is 6.61 Å². The molecular weight excluding hydrogens is 374 g/mol. The maximum absolute atomic E-state index is 11.7. The molecule has 1 N–H and O–H groups in total. The molecule has 2 aromatic carbocycles. The topological polar surface area (TPSA) is 64.6 Å². The molecule has 0 aliphatic heterocycles. The maximum atomic E-state index is 11.7. The monoisotopic (exact) mass is 389 g/mol. The van der Waals surface area contributed by atoms with Gasteiger partial charge in [0.25, 0.3) is 5.91 Å². The lowest BCUT2D eigenvalue weighted by atomic mass is 10.2. The Kier molecular flexibility index (Phi) is 6.57. The van der Waals surface area contributed by atoms with Gasteiger partial charge >= 0.3 is 5.97 Å². The van der Waals surface area contributed by atoms with Crippen molar-refractivity contribution in [1.29, 1.82) is 0 Å². The van der Waals surface area contributed by atoms with Crippen molar-refractivity contribution >= 4 is 39.6 Å². The van der Waals surface area contributed by atoms with Gasteiger partial charge in [-0.15, -0.1) is 0 Å². The molecule has 0 bridgehead atoms. The fourth-order valence-electron chi connectivity index (χ4n) is 1.83. The number of nitrogens with one attached hydrogen (secondary N) is 1. The Bertz CT molecular complexity index is 741. The number of anilines is 1. The number of esters is 1. The normalized spacial score (nSPS) is 10.4. The van der Waals surface area contributed by atoms with E-state index in [1.54, 1.807) is 37.5 Å². The van der Waals surface area contributed by atoms with Crippen molar-refractivity contribution < 1.29 is 19.1 Å². The van der Waals surface area contributed by atoms with Crippen LogP contribution in [0.5, 0.6) is 5.75 Å². The quantitative estimate of drug-likeness (QED) is 0.604. The predicted octanol–water partition coefficient (Wildman–Crippen LogP) is 3.65. The van der Waals surface area contributed by atoms with Gasteiger partial charge in [0.15, 0.2) is 6.61 Å². The third kappa shape index (κ3) is 5.89. The summed E-state index contributed by atoms with van der Waals surface area (Å²) < 4.78 is 10.8. The number of rotatable bonds is 6. The maximum Gasteiger partial charge on any atom is 0.331 e. The van der Waals surface area contributed by atoms with Crippen molar-refractivity contribution in [2.45, 2.75) is 0 Å². The highest BCUT2D eigenvalue weighted by atomic mass is 79.9. The number of carbonyl (C=O) groups excluding carboxylic acids is 2. The highest BCUT2D eigenvalue weighted by Gasteiger charge is 2.06. The van der Waals surface area contributed by atoms with E-state index < -0.39 is 11.9 Å². The summed E-state index contributed by atoms with van der Waals surface area (Å²) in [5, 5.41) is 2.63. The minimum absolute atomic E-state index is 0.353. The molecule has 0 saturated heterocycles. The van der Waals surface area contributed by atoms with Crippen molar-refractivity contribution in [1.82, 2.24) is 0 Å². The van der Waals surface area contributed by atoms with Crippen LogP contribution in [0, 0.1) is 0 Å².